The van der Waals surface area contributed by atoms with Crippen LogP contribution >= 0.6 is 0 Å². The molecule has 1 heteroatoms. The lowest BCUT2D eigenvalue weighted by Crippen LogP contribution is -2.32. The number of nitrogens with zero attached hydrogens (tertiary/aromatic N) is 1. The normalized spacial score (nSPS) is 11.1. The van der Waals surface area contributed by atoms with Gasteiger partial charge in [-0.15, -0.1) is 6.58 Å². The van der Waals surface area contributed by atoms with Crippen LogP contribution in [0.15, 0.2) is 12.7 Å². The van der Waals surface area contributed by atoms with Crippen molar-refractivity contribution < 1.29 is 0 Å². The highest BCUT2D eigenvalue weighted by Crippen LogP contribution is 2.02. The molecule has 0 fully saturated rings. The SMILES string of the molecule is C=CCCN(CCCC)C(C)C. The highest BCUT2D eigenvalue weighted by atomic mass is 15.1. The van der Waals surface area contributed by atoms with Crippen LogP contribution in [0.1, 0.15) is 40.0 Å². The Morgan fingerprint density at radius 2 is 2.00 bits per heavy atom. The van der Waals surface area contributed by atoms with Gasteiger partial charge in [0.2, 0.25) is 0 Å². The minimum atomic E-state index is 0.677. The van der Waals surface area contributed by atoms with E-state index in [1.807, 2.05) is 6.08 Å². The Labute approximate surface area is 77.5 Å². The molecule has 0 aromatic heterocycles. The second kappa shape index (κ2) is 7.35. The second-order valence-corrected chi connectivity index (χ2v) is 3.56. The summed E-state index contributed by atoms with van der Waals surface area (Å²) in [5, 5.41) is 0. The van der Waals surface area contributed by atoms with E-state index in [-0.39, 0.29) is 0 Å². The van der Waals surface area contributed by atoms with Crippen molar-refractivity contribution in [3.05, 3.63) is 12.7 Å². The fraction of sp³-hybridized carbons (Fsp3) is 0.818. The second-order valence-electron chi connectivity index (χ2n) is 3.56. The zero-order valence-corrected chi connectivity index (χ0v) is 8.84. The highest BCUT2D eigenvalue weighted by molar-refractivity contribution is 4.71. The number of rotatable bonds is 7. The molecule has 0 saturated heterocycles. The van der Waals surface area contributed by atoms with Crippen LogP contribution in [0.4, 0.5) is 0 Å². The lowest BCUT2D eigenvalue weighted by atomic mass is 10.2. The molecular weight excluding hydrogens is 146 g/mol. The van der Waals surface area contributed by atoms with Gasteiger partial charge >= 0.3 is 0 Å². The topological polar surface area (TPSA) is 3.24 Å². The Hall–Kier alpha value is -0.300. The Bertz CT molecular complexity index is 108. The molecule has 0 saturated carbocycles. The summed E-state index contributed by atoms with van der Waals surface area (Å²) in [6.07, 6.45) is 5.72. The predicted octanol–water partition coefficient (Wildman–Crippen LogP) is 3.07. The summed E-state index contributed by atoms with van der Waals surface area (Å²) in [4.78, 5) is 2.52. The minimum absolute atomic E-state index is 0.677. The Morgan fingerprint density at radius 1 is 1.33 bits per heavy atom. The van der Waals surface area contributed by atoms with Crippen molar-refractivity contribution in [2.75, 3.05) is 13.1 Å². The highest BCUT2D eigenvalue weighted by Gasteiger charge is 2.06. The molecule has 0 radical (unpaired) electrons. The van der Waals surface area contributed by atoms with E-state index >= 15 is 0 Å². The van der Waals surface area contributed by atoms with Crippen LogP contribution in [0, 0.1) is 0 Å². The third-order valence-electron chi connectivity index (χ3n) is 2.15. The lowest BCUT2D eigenvalue weighted by molar-refractivity contribution is 0.222. The predicted molar refractivity (Wildman–Crippen MR) is 56.4 cm³/mol. The fourth-order valence-electron chi connectivity index (χ4n) is 1.25. The Morgan fingerprint density at radius 3 is 2.42 bits per heavy atom. The molecule has 0 unspecified atom stereocenters. The molecule has 0 bridgehead atoms. The van der Waals surface area contributed by atoms with Crippen LogP contribution in [0.25, 0.3) is 0 Å². The first-order valence-corrected chi connectivity index (χ1v) is 5.07. The summed E-state index contributed by atoms with van der Waals surface area (Å²) in [7, 11) is 0. The van der Waals surface area contributed by atoms with Gasteiger partial charge in [0, 0.05) is 12.6 Å². The van der Waals surface area contributed by atoms with E-state index in [4.69, 9.17) is 0 Å². The third-order valence-corrected chi connectivity index (χ3v) is 2.15. The average Bonchev–Trinajstić information content (AvgIpc) is 2.04. The molecule has 0 aliphatic heterocycles. The van der Waals surface area contributed by atoms with Crippen molar-refractivity contribution >= 4 is 0 Å². The summed E-state index contributed by atoms with van der Waals surface area (Å²) in [5.74, 6) is 0. The van der Waals surface area contributed by atoms with Gasteiger partial charge in [-0.3, -0.25) is 0 Å². The molecule has 0 aliphatic rings. The van der Waals surface area contributed by atoms with E-state index < -0.39 is 0 Å². The average molecular weight is 169 g/mol. The molecule has 0 aromatic rings. The first-order chi connectivity index (χ1) is 5.72. The number of unbranched alkanes of at least 4 members (excludes halogenated alkanes) is 1. The number of hydrogen-bond acceptors (Lipinski definition) is 1. The van der Waals surface area contributed by atoms with Crippen molar-refractivity contribution in [2.45, 2.75) is 46.1 Å². The van der Waals surface area contributed by atoms with Crippen molar-refractivity contribution in [3.63, 3.8) is 0 Å². The van der Waals surface area contributed by atoms with Gasteiger partial charge in [-0.25, -0.2) is 0 Å². The summed E-state index contributed by atoms with van der Waals surface area (Å²) in [6.45, 7) is 12.9. The van der Waals surface area contributed by atoms with E-state index in [1.54, 1.807) is 0 Å². The monoisotopic (exact) mass is 169 g/mol. The van der Waals surface area contributed by atoms with E-state index in [0.29, 0.717) is 6.04 Å². The van der Waals surface area contributed by atoms with Gasteiger partial charge in [0.15, 0.2) is 0 Å². The summed E-state index contributed by atoms with van der Waals surface area (Å²) in [5.41, 5.74) is 0. The maximum absolute atomic E-state index is 3.75. The summed E-state index contributed by atoms with van der Waals surface area (Å²) in [6, 6.07) is 0.677. The zero-order valence-electron chi connectivity index (χ0n) is 8.84. The van der Waals surface area contributed by atoms with Crippen molar-refractivity contribution in [3.8, 4) is 0 Å². The third kappa shape index (κ3) is 5.36. The van der Waals surface area contributed by atoms with Gasteiger partial charge in [-0.1, -0.05) is 19.4 Å². The zero-order chi connectivity index (χ0) is 9.40. The largest absolute Gasteiger partial charge is 0.301 e. The molecule has 0 amide bonds. The molecule has 12 heavy (non-hydrogen) atoms. The molecule has 0 aliphatic carbocycles. The fourth-order valence-corrected chi connectivity index (χ4v) is 1.25. The molecule has 0 N–H and O–H groups in total. The Kier molecular flexibility index (Phi) is 7.17. The van der Waals surface area contributed by atoms with E-state index in [2.05, 4.69) is 32.3 Å². The maximum Gasteiger partial charge on any atom is 0.00387 e. The smallest absolute Gasteiger partial charge is 0.00387 e. The molecule has 0 aromatic carbocycles. The van der Waals surface area contributed by atoms with Crippen LogP contribution in [-0.2, 0) is 0 Å². The van der Waals surface area contributed by atoms with Gasteiger partial charge in [0.05, 0.1) is 0 Å². The van der Waals surface area contributed by atoms with Gasteiger partial charge in [-0.2, -0.15) is 0 Å². The van der Waals surface area contributed by atoms with Crippen LogP contribution in [0.5, 0.6) is 0 Å². The molecule has 0 rings (SSSR count). The summed E-state index contributed by atoms with van der Waals surface area (Å²) >= 11 is 0. The van der Waals surface area contributed by atoms with Crippen LogP contribution in [0.3, 0.4) is 0 Å². The molecule has 72 valence electrons. The van der Waals surface area contributed by atoms with Crippen molar-refractivity contribution in [1.29, 1.82) is 0 Å². The quantitative estimate of drug-likeness (QED) is 0.529. The van der Waals surface area contributed by atoms with Gasteiger partial charge in [0.1, 0.15) is 0 Å². The van der Waals surface area contributed by atoms with Crippen LogP contribution < -0.4 is 0 Å². The van der Waals surface area contributed by atoms with Crippen LogP contribution in [-0.4, -0.2) is 24.0 Å². The molecule has 1 nitrogen and oxygen atoms in total. The van der Waals surface area contributed by atoms with Gasteiger partial charge in [-0.05, 0) is 33.2 Å². The van der Waals surface area contributed by atoms with Gasteiger partial charge in [0.25, 0.3) is 0 Å². The van der Waals surface area contributed by atoms with E-state index in [9.17, 15) is 0 Å². The van der Waals surface area contributed by atoms with Crippen LogP contribution in [0.2, 0.25) is 0 Å². The standard InChI is InChI=1S/C11H23N/c1-5-7-9-12(11(3)4)10-8-6-2/h5,11H,1,6-10H2,2-4H3. The molecule has 0 spiro atoms. The first kappa shape index (κ1) is 11.7. The maximum atomic E-state index is 3.75. The van der Waals surface area contributed by atoms with Gasteiger partial charge < -0.3 is 4.90 Å². The summed E-state index contributed by atoms with van der Waals surface area (Å²) < 4.78 is 0. The molecule has 0 atom stereocenters. The number of hydrogen-bond donors (Lipinski definition) is 0. The minimum Gasteiger partial charge on any atom is -0.301 e. The first-order valence-electron chi connectivity index (χ1n) is 5.07. The van der Waals surface area contributed by atoms with E-state index in [0.717, 1.165) is 6.42 Å². The molecule has 0 heterocycles. The van der Waals surface area contributed by atoms with E-state index in [1.165, 1.54) is 25.9 Å². The lowest BCUT2D eigenvalue weighted by Gasteiger charge is -2.25. The Balaban J connectivity index is 3.61. The molecular formula is C11H23N. The van der Waals surface area contributed by atoms with Crippen molar-refractivity contribution in [1.82, 2.24) is 4.90 Å². The van der Waals surface area contributed by atoms with Crippen molar-refractivity contribution in [2.24, 2.45) is 0 Å².